The maximum atomic E-state index is 4.38. The lowest BCUT2D eigenvalue weighted by Crippen LogP contribution is -2.22. The maximum Gasteiger partial charge on any atom is 0.170 e. The summed E-state index contributed by atoms with van der Waals surface area (Å²) in [6.45, 7) is 4.24. The van der Waals surface area contributed by atoms with Crippen LogP contribution in [0.25, 0.3) is 0 Å². The molecule has 0 aliphatic carbocycles. The minimum atomic E-state index is 0.685. The Morgan fingerprint density at radius 2 is 2.43 bits per heavy atom. The Labute approximate surface area is 92.9 Å². The van der Waals surface area contributed by atoms with E-state index >= 15 is 0 Å². The van der Waals surface area contributed by atoms with Crippen LogP contribution in [0.3, 0.4) is 0 Å². The average molecular weight is 229 g/mol. The van der Waals surface area contributed by atoms with Gasteiger partial charge in [-0.1, -0.05) is 18.2 Å². The lowest BCUT2D eigenvalue weighted by Gasteiger charge is -2.10. The highest BCUT2D eigenvalue weighted by molar-refractivity contribution is 8.01. The molecule has 1 unspecified atom stereocenters. The van der Waals surface area contributed by atoms with Gasteiger partial charge in [0, 0.05) is 11.8 Å². The van der Waals surface area contributed by atoms with Crippen molar-refractivity contribution in [1.82, 2.24) is 14.7 Å². The van der Waals surface area contributed by atoms with Crippen LogP contribution in [0.2, 0.25) is 0 Å². The highest BCUT2D eigenvalue weighted by Crippen LogP contribution is 2.28. The quantitative estimate of drug-likeness (QED) is 0.842. The Kier molecular flexibility index (Phi) is 3.78. The van der Waals surface area contributed by atoms with E-state index in [0.29, 0.717) is 5.25 Å². The van der Waals surface area contributed by atoms with Gasteiger partial charge in [0.2, 0.25) is 0 Å². The third-order valence-electron chi connectivity index (χ3n) is 2.28. The van der Waals surface area contributed by atoms with Crippen LogP contribution in [0.5, 0.6) is 0 Å². The van der Waals surface area contributed by atoms with Crippen LogP contribution in [-0.4, -0.2) is 27.7 Å². The lowest BCUT2D eigenvalue weighted by molar-refractivity contribution is 0.706. The van der Waals surface area contributed by atoms with Crippen LogP contribution in [0, 0.1) is 6.92 Å². The summed E-state index contributed by atoms with van der Waals surface area (Å²) in [6, 6.07) is 0. The van der Waals surface area contributed by atoms with Gasteiger partial charge < -0.3 is 5.32 Å². The Hall–Kier alpha value is -0.130. The molecule has 3 nitrogen and oxygen atoms in total. The lowest BCUT2D eigenvalue weighted by atomic mass is 10.2. The largest absolute Gasteiger partial charge is 0.316 e. The van der Waals surface area contributed by atoms with E-state index < -0.39 is 0 Å². The van der Waals surface area contributed by atoms with Crippen molar-refractivity contribution in [3.8, 4) is 0 Å². The predicted molar refractivity (Wildman–Crippen MR) is 61.0 cm³/mol. The summed E-state index contributed by atoms with van der Waals surface area (Å²) in [5.41, 5.74) is 0. The molecule has 1 N–H and O–H groups in total. The van der Waals surface area contributed by atoms with Crippen molar-refractivity contribution >= 4 is 23.3 Å². The topological polar surface area (TPSA) is 37.8 Å². The first-order valence-corrected chi connectivity index (χ1v) is 6.67. The van der Waals surface area contributed by atoms with Crippen molar-refractivity contribution in [3.05, 3.63) is 5.82 Å². The Balaban J connectivity index is 1.89. The van der Waals surface area contributed by atoms with Gasteiger partial charge in [-0.05, 0) is 37.8 Å². The zero-order valence-electron chi connectivity index (χ0n) is 8.32. The van der Waals surface area contributed by atoms with Crippen LogP contribution < -0.4 is 5.32 Å². The van der Waals surface area contributed by atoms with Gasteiger partial charge in [0.05, 0.1) is 0 Å². The fourth-order valence-electron chi connectivity index (χ4n) is 1.56. The number of nitrogens with one attached hydrogen (secondary N) is 1. The number of rotatable bonds is 2. The van der Waals surface area contributed by atoms with E-state index in [1.807, 2.05) is 18.7 Å². The molecule has 0 amide bonds. The molecule has 0 aromatic carbocycles. The Bertz CT molecular complexity index is 279. The van der Waals surface area contributed by atoms with Gasteiger partial charge in [-0.15, -0.1) is 0 Å². The predicted octanol–water partition coefficient (Wildman–Crippen LogP) is 2.08. The first-order valence-electron chi connectivity index (χ1n) is 5.02. The number of aromatic nitrogens is 2. The van der Waals surface area contributed by atoms with Crippen molar-refractivity contribution in [2.24, 2.45) is 0 Å². The molecule has 0 spiro atoms. The molecule has 14 heavy (non-hydrogen) atoms. The number of hydrogen-bond acceptors (Lipinski definition) is 5. The maximum absolute atomic E-state index is 4.38. The molecule has 0 saturated carbocycles. The molecular formula is C9H15N3S2. The monoisotopic (exact) mass is 229 g/mol. The Morgan fingerprint density at radius 3 is 3.21 bits per heavy atom. The molecular weight excluding hydrogens is 214 g/mol. The molecule has 0 radical (unpaired) electrons. The first-order chi connectivity index (χ1) is 6.84. The van der Waals surface area contributed by atoms with Gasteiger partial charge in [0.1, 0.15) is 5.82 Å². The summed E-state index contributed by atoms with van der Waals surface area (Å²) in [5.74, 6) is 0.902. The van der Waals surface area contributed by atoms with Crippen molar-refractivity contribution < 1.29 is 0 Å². The zero-order chi connectivity index (χ0) is 9.80. The summed E-state index contributed by atoms with van der Waals surface area (Å²) in [5, 5.41) is 4.15. The summed E-state index contributed by atoms with van der Waals surface area (Å²) in [4.78, 5) is 4.38. The van der Waals surface area contributed by atoms with Crippen molar-refractivity contribution in [2.75, 3.05) is 13.1 Å². The fourth-order valence-corrected chi connectivity index (χ4v) is 3.63. The average Bonchev–Trinajstić information content (AvgIpc) is 2.43. The molecule has 5 heteroatoms. The normalized spacial score (nSPS) is 23.4. The Morgan fingerprint density at radius 1 is 1.50 bits per heavy atom. The molecule has 1 aromatic heterocycles. The molecule has 1 fully saturated rings. The van der Waals surface area contributed by atoms with Crippen LogP contribution in [0.1, 0.15) is 25.1 Å². The SMILES string of the molecule is Cc1nsc(SC2CCCCNC2)n1. The standard InChI is InChI=1S/C9H15N3S2/c1-7-11-9(14-12-7)13-8-4-2-3-5-10-6-8/h8,10H,2-6H2,1H3. The van der Waals surface area contributed by atoms with Gasteiger partial charge >= 0.3 is 0 Å². The second kappa shape index (κ2) is 5.09. The van der Waals surface area contributed by atoms with Gasteiger partial charge in [0.15, 0.2) is 4.34 Å². The molecule has 1 aliphatic heterocycles. The van der Waals surface area contributed by atoms with E-state index in [-0.39, 0.29) is 0 Å². The summed E-state index contributed by atoms with van der Waals surface area (Å²) < 4.78 is 5.32. The second-order valence-electron chi connectivity index (χ2n) is 3.55. The fraction of sp³-hybridized carbons (Fsp3) is 0.778. The first kappa shape index (κ1) is 10.4. The molecule has 1 saturated heterocycles. The minimum absolute atomic E-state index is 0.685. The van der Waals surface area contributed by atoms with E-state index in [9.17, 15) is 0 Å². The summed E-state index contributed by atoms with van der Waals surface area (Å²) in [6.07, 6.45) is 3.95. The molecule has 2 rings (SSSR count). The minimum Gasteiger partial charge on any atom is -0.316 e. The van der Waals surface area contributed by atoms with Gasteiger partial charge in [0.25, 0.3) is 0 Å². The van der Waals surface area contributed by atoms with Crippen molar-refractivity contribution in [3.63, 3.8) is 0 Å². The third kappa shape index (κ3) is 2.93. The highest BCUT2D eigenvalue weighted by Gasteiger charge is 2.14. The number of aryl methyl sites for hydroxylation is 1. The van der Waals surface area contributed by atoms with Gasteiger partial charge in [-0.2, -0.15) is 4.37 Å². The van der Waals surface area contributed by atoms with E-state index in [0.717, 1.165) is 16.7 Å². The number of hydrogen-bond donors (Lipinski definition) is 1. The summed E-state index contributed by atoms with van der Waals surface area (Å²) >= 11 is 3.41. The second-order valence-corrected chi connectivity index (χ2v) is 5.85. The van der Waals surface area contributed by atoms with E-state index in [1.165, 1.54) is 37.3 Å². The summed E-state index contributed by atoms with van der Waals surface area (Å²) in [7, 11) is 0. The van der Waals surface area contributed by atoms with E-state index in [4.69, 9.17) is 0 Å². The molecule has 78 valence electrons. The molecule has 2 heterocycles. The van der Waals surface area contributed by atoms with E-state index in [1.54, 1.807) is 0 Å². The van der Waals surface area contributed by atoms with Gasteiger partial charge in [-0.3, -0.25) is 0 Å². The van der Waals surface area contributed by atoms with Crippen molar-refractivity contribution in [2.45, 2.75) is 35.8 Å². The highest BCUT2D eigenvalue weighted by atomic mass is 32.2. The smallest absolute Gasteiger partial charge is 0.170 e. The number of nitrogens with zero attached hydrogens (tertiary/aromatic N) is 2. The van der Waals surface area contributed by atoms with Gasteiger partial charge in [-0.25, -0.2) is 4.98 Å². The van der Waals surface area contributed by atoms with Crippen molar-refractivity contribution in [1.29, 1.82) is 0 Å². The molecule has 0 bridgehead atoms. The van der Waals surface area contributed by atoms with Crippen LogP contribution in [0.15, 0.2) is 4.34 Å². The van der Waals surface area contributed by atoms with Crippen LogP contribution >= 0.6 is 23.3 Å². The van der Waals surface area contributed by atoms with Crippen LogP contribution in [0.4, 0.5) is 0 Å². The zero-order valence-corrected chi connectivity index (χ0v) is 9.96. The molecule has 1 atom stereocenters. The third-order valence-corrected chi connectivity index (χ3v) is 4.42. The number of thioether (sulfide) groups is 1. The van der Waals surface area contributed by atoms with E-state index in [2.05, 4.69) is 14.7 Å². The molecule has 1 aliphatic rings. The van der Waals surface area contributed by atoms with Crippen LogP contribution in [-0.2, 0) is 0 Å². The molecule has 1 aromatic rings.